The normalized spacial score (nSPS) is 20.0. The molecule has 4 N–H and O–H groups in total. The van der Waals surface area contributed by atoms with Crippen molar-refractivity contribution in [1.82, 2.24) is 0 Å². The lowest BCUT2D eigenvalue weighted by Gasteiger charge is -2.41. The molecule has 0 aromatic rings. The van der Waals surface area contributed by atoms with Gasteiger partial charge in [-0.2, -0.15) is 8.42 Å². The Hall–Kier alpha value is -3.24. The number of allylic oxidation sites excluding steroid dienone is 18. The maximum absolute atomic E-state index is 12.9. The minimum absolute atomic E-state index is 0.0000924. The smallest absolute Gasteiger partial charge is 0.397 e. The first-order valence-corrected chi connectivity index (χ1v) is 28.0. The molecule has 0 aliphatic carbocycles. The first-order chi connectivity index (χ1) is 34.1. The van der Waals surface area contributed by atoms with Gasteiger partial charge in [0.1, 0.15) is 30.5 Å². The van der Waals surface area contributed by atoms with E-state index in [1.165, 1.54) is 38.5 Å². The third kappa shape index (κ3) is 39.4. The first kappa shape index (κ1) is 64.8. The minimum atomic E-state index is -5.08. The number of aliphatic hydroxyl groups is 3. The van der Waals surface area contributed by atoms with Crippen LogP contribution in [0.5, 0.6) is 0 Å². The Balaban J connectivity index is 2.41. The fourth-order valence-electron chi connectivity index (χ4n) is 7.39. The SMILES string of the molecule is CC/C=C\C/C=C\C/C=C\C/C=C\C/C=C\C/C=C\CCCCCOCC(COC1OC(CO)C(O)C(OS(=O)(=O)O)C1O)OC(=O)CCCCCCCC/C=C\C/C=C\C/C=C\CCCCCCC. The highest BCUT2D eigenvalue weighted by molar-refractivity contribution is 7.80. The molecule has 0 spiro atoms. The number of unbranched alkanes of at least 4 members (excludes halogenated alkanes) is 14. The molecule has 0 radical (unpaired) electrons. The molecule has 1 saturated heterocycles. The summed E-state index contributed by atoms with van der Waals surface area (Å²) in [6.07, 6.45) is 56.9. The van der Waals surface area contributed by atoms with Crippen LogP contribution in [0.25, 0.3) is 0 Å². The van der Waals surface area contributed by atoms with Gasteiger partial charge in [0.05, 0.1) is 19.8 Å². The Morgan fingerprint density at radius 2 is 0.986 bits per heavy atom. The maximum atomic E-state index is 12.9. The number of hydrogen-bond donors (Lipinski definition) is 4. The highest BCUT2D eigenvalue weighted by atomic mass is 32.3. The van der Waals surface area contributed by atoms with Gasteiger partial charge in [0.15, 0.2) is 6.29 Å². The third-order valence-electron chi connectivity index (χ3n) is 11.4. The second-order valence-corrected chi connectivity index (χ2v) is 18.8. The van der Waals surface area contributed by atoms with Crippen molar-refractivity contribution in [2.24, 2.45) is 0 Å². The summed E-state index contributed by atoms with van der Waals surface area (Å²) in [7, 11) is -5.08. The van der Waals surface area contributed by atoms with Gasteiger partial charge in [0.25, 0.3) is 0 Å². The van der Waals surface area contributed by atoms with E-state index in [9.17, 15) is 33.1 Å². The molecule has 0 amide bonds. The predicted molar refractivity (Wildman–Crippen MR) is 284 cm³/mol. The van der Waals surface area contributed by atoms with E-state index < -0.39 is 59.8 Å². The number of esters is 1. The van der Waals surface area contributed by atoms with Crippen LogP contribution < -0.4 is 0 Å². The Labute approximate surface area is 424 Å². The van der Waals surface area contributed by atoms with Crippen molar-refractivity contribution >= 4 is 16.4 Å². The quantitative estimate of drug-likeness (QED) is 0.0197. The van der Waals surface area contributed by atoms with Crippen LogP contribution in [0, 0.1) is 0 Å². The zero-order valence-electron chi connectivity index (χ0n) is 43.0. The van der Waals surface area contributed by atoms with E-state index in [0.717, 1.165) is 116 Å². The summed E-state index contributed by atoms with van der Waals surface area (Å²) in [5, 5.41) is 30.8. The zero-order valence-corrected chi connectivity index (χ0v) is 43.8. The number of hydrogen-bond acceptors (Lipinski definition) is 11. The highest BCUT2D eigenvalue weighted by Crippen LogP contribution is 2.26. The third-order valence-corrected chi connectivity index (χ3v) is 11.8. The van der Waals surface area contributed by atoms with Crippen molar-refractivity contribution in [2.75, 3.05) is 26.4 Å². The van der Waals surface area contributed by atoms with Crippen LogP contribution in [-0.2, 0) is 38.3 Å². The Morgan fingerprint density at radius 1 is 0.557 bits per heavy atom. The van der Waals surface area contributed by atoms with E-state index in [0.29, 0.717) is 13.0 Å². The van der Waals surface area contributed by atoms with Crippen LogP contribution in [0.15, 0.2) is 109 Å². The van der Waals surface area contributed by atoms with Gasteiger partial charge in [-0.05, 0) is 103 Å². The molecule has 6 atom stereocenters. The molecule has 0 bridgehead atoms. The minimum Gasteiger partial charge on any atom is -0.457 e. The van der Waals surface area contributed by atoms with E-state index in [1.807, 2.05) is 0 Å². The van der Waals surface area contributed by atoms with E-state index in [1.54, 1.807) is 0 Å². The van der Waals surface area contributed by atoms with E-state index in [4.69, 9.17) is 18.9 Å². The molecule has 1 rings (SSSR count). The van der Waals surface area contributed by atoms with Crippen LogP contribution in [0.4, 0.5) is 0 Å². The monoisotopic (exact) mass is 1000 g/mol. The molecular formula is C57H94O12S. The summed E-state index contributed by atoms with van der Waals surface area (Å²) in [6, 6.07) is 0. The summed E-state index contributed by atoms with van der Waals surface area (Å²) in [4.78, 5) is 12.9. The second kappa shape index (κ2) is 46.8. The number of aliphatic hydroxyl groups excluding tert-OH is 3. The van der Waals surface area contributed by atoms with Gasteiger partial charge in [0.2, 0.25) is 0 Å². The van der Waals surface area contributed by atoms with Crippen LogP contribution >= 0.6 is 0 Å². The lowest BCUT2D eigenvalue weighted by atomic mass is 9.99. The van der Waals surface area contributed by atoms with Gasteiger partial charge in [-0.15, -0.1) is 0 Å². The highest BCUT2D eigenvalue weighted by Gasteiger charge is 2.48. The Kier molecular flexibility index (Phi) is 43.3. The largest absolute Gasteiger partial charge is 0.457 e. The lowest BCUT2D eigenvalue weighted by Crippen LogP contribution is -2.60. The fourth-order valence-corrected chi connectivity index (χ4v) is 7.90. The molecule has 6 unspecified atom stereocenters. The van der Waals surface area contributed by atoms with Crippen molar-refractivity contribution in [3.05, 3.63) is 109 Å². The van der Waals surface area contributed by atoms with E-state index in [-0.39, 0.29) is 19.6 Å². The summed E-state index contributed by atoms with van der Waals surface area (Å²) < 4.78 is 59.3. The van der Waals surface area contributed by atoms with E-state index >= 15 is 0 Å². The molecule has 1 aliphatic rings. The van der Waals surface area contributed by atoms with Gasteiger partial charge in [-0.3, -0.25) is 9.35 Å². The standard InChI is InChI=1S/C57H94O12S/c1-3-5-7-9-11-13-15-17-19-21-23-25-27-29-31-33-35-37-39-41-43-45-47-65-49-51(50-66-57-55(61)56(69-70(62,63)64)54(60)52(48-58)68-57)67-53(59)46-44-42-40-38-36-34-32-30-28-26-24-22-20-18-16-14-12-10-8-6-4-2/h5,7,11,13,16-19,22-25,28-31,35,37,51-52,54-58,60-61H,3-4,6,8-10,12,14-15,20-21,26-27,32-34,36,38-50H2,1-2H3,(H,62,63,64)/b7-5-,13-11-,18-16-,19-17-,24-22-,25-23-,30-28-,31-29-,37-35-. The van der Waals surface area contributed by atoms with Crippen LogP contribution in [0.1, 0.15) is 181 Å². The summed E-state index contributed by atoms with van der Waals surface area (Å²) in [6.45, 7) is 3.76. The average molecular weight is 1000 g/mol. The number of carbonyl (C=O) groups is 1. The van der Waals surface area contributed by atoms with Crippen LogP contribution in [0.2, 0.25) is 0 Å². The average Bonchev–Trinajstić information content (AvgIpc) is 3.34. The van der Waals surface area contributed by atoms with Crippen molar-refractivity contribution in [1.29, 1.82) is 0 Å². The van der Waals surface area contributed by atoms with Crippen molar-refractivity contribution in [2.45, 2.75) is 218 Å². The molecule has 400 valence electrons. The lowest BCUT2D eigenvalue weighted by molar-refractivity contribution is -0.301. The molecule has 1 fully saturated rings. The van der Waals surface area contributed by atoms with Gasteiger partial charge in [0, 0.05) is 13.0 Å². The van der Waals surface area contributed by atoms with Crippen molar-refractivity contribution in [3.63, 3.8) is 0 Å². The molecule has 1 heterocycles. The van der Waals surface area contributed by atoms with Gasteiger partial charge in [-0.25, -0.2) is 4.18 Å². The predicted octanol–water partition coefficient (Wildman–Crippen LogP) is 12.7. The van der Waals surface area contributed by atoms with Gasteiger partial charge in [-0.1, -0.05) is 181 Å². The van der Waals surface area contributed by atoms with Gasteiger partial charge < -0.3 is 34.3 Å². The Bertz CT molecular complexity index is 1630. The fraction of sp³-hybridized carbons (Fsp3) is 0.667. The summed E-state index contributed by atoms with van der Waals surface area (Å²) in [5.41, 5.74) is 0. The number of ether oxygens (including phenoxy) is 4. The van der Waals surface area contributed by atoms with Crippen LogP contribution in [-0.4, -0.2) is 97.5 Å². The van der Waals surface area contributed by atoms with Crippen molar-refractivity contribution < 1.29 is 56.2 Å². The first-order valence-electron chi connectivity index (χ1n) is 26.6. The van der Waals surface area contributed by atoms with E-state index in [2.05, 4.69) is 127 Å². The number of rotatable bonds is 45. The molecular weight excluding hydrogens is 909 g/mol. The molecule has 13 heteroatoms. The zero-order chi connectivity index (χ0) is 51.0. The number of carbonyl (C=O) groups excluding carboxylic acids is 1. The Morgan fingerprint density at radius 3 is 1.44 bits per heavy atom. The van der Waals surface area contributed by atoms with Crippen molar-refractivity contribution in [3.8, 4) is 0 Å². The molecule has 12 nitrogen and oxygen atoms in total. The molecule has 0 saturated carbocycles. The molecule has 70 heavy (non-hydrogen) atoms. The van der Waals surface area contributed by atoms with Gasteiger partial charge >= 0.3 is 16.4 Å². The summed E-state index contributed by atoms with van der Waals surface area (Å²) >= 11 is 0. The maximum Gasteiger partial charge on any atom is 0.397 e. The summed E-state index contributed by atoms with van der Waals surface area (Å²) in [5.74, 6) is -0.428. The molecule has 1 aliphatic heterocycles. The molecule has 0 aromatic heterocycles. The van der Waals surface area contributed by atoms with Crippen LogP contribution in [0.3, 0.4) is 0 Å². The topological polar surface area (TPSA) is 178 Å². The second-order valence-electron chi connectivity index (χ2n) is 17.7. The molecule has 0 aromatic carbocycles.